The molecule has 0 aliphatic carbocycles. The molecular formula is C11H13ClN2O5S. The number of aliphatic hydroxyl groups is 1. The van der Waals surface area contributed by atoms with Crippen LogP contribution in [0.25, 0.3) is 0 Å². The van der Waals surface area contributed by atoms with Crippen molar-refractivity contribution >= 4 is 33.2 Å². The van der Waals surface area contributed by atoms with Gasteiger partial charge in [-0.05, 0) is 12.5 Å². The third-order valence-electron chi connectivity index (χ3n) is 2.58. The van der Waals surface area contributed by atoms with Gasteiger partial charge in [0.05, 0.1) is 10.7 Å². The maximum absolute atomic E-state index is 12.1. The lowest BCUT2D eigenvalue weighted by atomic mass is 10.2. The molecular weight excluding hydrogens is 308 g/mol. The van der Waals surface area contributed by atoms with Crippen LogP contribution in [0.4, 0.5) is 5.69 Å². The van der Waals surface area contributed by atoms with Crippen molar-refractivity contribution in [3.8, 4) is 5.75 Å². The molecule has 3 N–H and O–H groups in total. The number of nitrogens with one attached hydrogen (secondary N) is 2. The number of anilines is 1. The first-order valence-electron chi connectivity index (χ1n) is 5.81. The van der Waals surface area contributed by atoms with E-state index in [4.69, 9.17) is 21.4 Å². The van der Waals surface area contributed by atoms with Gasteiger partial charge >= 0.3 is 0 Å². The van der Waals surface area contributed by atoms with Crippen molar-refractivity contribution in [1.29, 1.82) is 0 Å². The molecule has 1 aromatic rings. The van der Waals surface area contributed by atoms with Crippen molar-refractivity contribution in [2.45, 2.75) is 11.3 Å². The number of hydrogen-bond donors (Lipinski definition) is 3. The van der Waals surface area contributed by atoms with E-state index in [1.54, 1.807) is 0 Å². The summed E-state index contributed by atoms with van der Waals surface area (Å²) in [5.74, 6) is -0.0817. The molecule has 2 rings (SSSR count). The fourth-order valence-electron chi connectivity index (χ4n) is 1.65. The fourth-order valence-corrected chi connectivity index (χ4v) is 3.27. The van der Waals surface area contributed by atoms with Crippen molar-refractivity contribution < 1.29 is 23.1 Å². The Bertz CT molecular complexity index is 632. The Morgan fingerprint density at radius 2 is 2.20 bits per heavy atom. The molecule has 1 aliphatic heterocycles. The lowest BCUT2D eigenvalue weighted by Gasteiger charge is -2.19. The van der Waals surface area contributed by atoms with Gasteiger partial charge in [-0.15, -0.1) is 0 Å². The van der Waals surface area contributed by atoms with Gasteiger partial charge in [-0.2, -0.15) is 0 Å². The van der Waals surface area contributed by atoms with Gasteiger partial charge in [0.2, 0.25) is 10.0 Å². The summed E-state index contributed by atoms with van der Waals surface area (Å²) in [6.45, 7) is -0.189. The van der Waals surface area contributed by atoms with E-state index in [1.807, 2.05) is 0 Å². The molecule has 0 aromatic heterocycles. The predicted molar refractivity (Wildman–Crippen MR) is 72.5 cm³/mol. The fraction of sp³-hybridized carbons (Fsp3) is 0.364. The third-order valence-corrected chi connectivity index (χ3v) is 4.51. The maximum Gasteiger partial charge on any atom is 0.262 e. The van der Waals surface area contributed by atoms with Crippen molar-refractivity contribution in [2.75, 3.05) is 25.1 Å². The van der Waals surface area contributed by atoms with E-state index < -0.39 is 10.0 Å². The van der Waals surface area contributed by atoms with E-state index in [2.05, 4.69) is 10.0 Å². The van der Waals surface area contributed by atoms with Crippen LogP contribution in [0.1, 0.15) is 6.42 Å². The second-order valence-electron chi connectivity index (χ2n) is 4.09. The number of benzene rings is 1. The number of carbonyl (C=O) groups excluding carboxylic acids is 1. The molecule has 1 aliphatic rings. The maximum atomic E-state index is 12.1. The molecule has 20 heavy (non-hydrogen) atoms. The molecule has 0 bridgehead atoms. The van der Waals surface area contributed by atoms with Crippen LogP contribution in [0.5, 0.6) is 5.75 Å². The second-order valence-corrected chi connectivity index (χ2v) is 6.23. The molecule has 0 saturated heterocycles. The minimum absolute atomic E-state index is 0.0222. The summed E-state index contributed by atoms with van der Waals surface area (Å²) in [5, 5.41) is 11.2. The second kappa shape index (κ2) is 5.96. The highest BCUT2D eigenvalue weighted by Gasteiger charge is 2.24. The number of halogens is 1. The van der Waals surface area contributed by atoms with Crippen LogP contribution in [0.3, 0.4) is 0 Å². The summed E-state index contributed by atoms with van der Waals surface area (Å²) in [6, 6.07) is 2.59. The molecule has 1 amide bonds. The number of amides is 1. The molecule has 0 fully saturated rings. The number of sulfonamides is 1. The van der Waals surface area contributed by atoms with Gasteiger partial charge in [0, 0.05) is 19.2 Å². The Balaban J connectivity index is 2.31. The first-order valence-corrected chi connectivity index (χ1v) is 7.67. The topological polar surface area (TPSA) is 105 Å². The van der Waals surface area contributed by atoms with Crippen molar-refractivity contribution in [2.24, 2.45) is 0 Å². The number of hydrogen-bond acceptors (Lipinski definition) is 5. The van der Waals surface area contributed by atoms with Crippen LogP contribution in [-0.2, 0) is 14.8 Å². The average molecular weight is 321 g/mol. The van der Waals surface area contributed by atoms with E-state index in [1.165, 1.54) is 12.1 Å². The van der Waals surface area contributed by atoms with E-state index in [-0.39, 0.29) is 41.3 Å². The average Bonchev–Trinajstić information content (AvgIpc) is 2.37. The lowest BCUT2D eigenvalue weighted by molar-refractivity contribution is -0.118. The summed E-state index contributed by atoms with van der Waals surface area (Å²) in [7, 11) is -3.80. The van der Waals surface area contributed by atoms with Gasteiger partial charge in [-0.3, -0.25) is 4.79 Å². The highest BCUT2D eigenvalue weighted by Crippen LogP contribution is 2.35. The Kier molecular flexibility index (Phi) is 4.48. The van der Waals surface area contributed by atoms with Gasteiger partial charge in [0.1, 0.15) is 10.6 Å². The molecule has 0 spiro atoms. The largest absolute Gasteiger partial charge is 0.482 e. The Labute approximate surface area is 120 Å². The molecule has 1 aromatic carbocycles. The monoisotopic (exact) mass is 320 g/mol. The predicted octanol–water partition coefficient (Wildman–Crippen LogP) is 0.332. The summed E-state index contributed by atoms with van der Waals surface area (Å²) < 4.78 is 31.6. The summed E-state index contributed by atoms with van der Waals surface area (Å²) in [6.07, 6.45) is 0.300. The Hall–Kier alpha value is -1.35. The summed E-state index contributed by atoms with van der Waals surface area (Å²) in [4.78, 5) is 11.0. The van der Waals surface area contributed by atoms with Crippen molar-refractivity contribution in [3.05, 3.63) is 17.2 Å². The SMILES string of the molecule is O=C1COc2cc(S(=O)(=O)NCCCO)c(Cl)cc2N1. The minimum atomic E-state index is -3.80. The number of fused-ring (bicyclic) bond motifs is 1. The zero-order valence-electron chi connectivity index (χ0n) is 10.3. The number of ether oxygens (including phenoxy) is 1. The van der Waals surface area contributed by atoms with Crippen LogP contribution in [0.2, 0.25) is 5.02 Å². The number of aliphatic hydroxyl groups excluding tert-OH is 1. The highest BCUT2D eigenvalue weighted by atomic mass is 35.5. The third kappa shape index (κ3) is 3.21. The standard InChI is InChI=1S/C11H13ClN2O5S/c12-7-4-8-9(19-6-11(16)14-8)5-10(7)20(17,18)13-2-1-3-15/h4-5,13,15H,1-3,6H2,(H,14,16). The van der Waals surface area contributed by atoms with Crippen LogP contribution in [-0.4, -0.2) is 39.2 Å². The highest BCUT2D eigenvalue weighted by molar-refractivity contribution is 7.89. The van der Waals surface area contributed by atoms with E-state index in [0.717, 1.165) is 0 Å². The minimum Gasteiger partial charge on any atom is -0.482 e. The zero-order valence-corrected chi connectivity index (χ0v) is 11.9. The van der Waals surface area contributed by atoms with E-state index >= 15 is 0 Å². The molecule has 0 radical (unpaired) electrons. The molecule has 7 nitrogen and oxygen atoms in total. The molecule has 0 unspecified atom stereocenters. The number of carbonyl (C=O) groups is 1. The first kappa shape index (κ1) is 15.0. The summed E-state index contributed by atoms with van der Waals surface area (Å²) >= 11 is 5.93. The van der Waals surface area contributed by atoms with Gasteiger partial charge in [0.15, 0.2) is 6.61 Å². The smallest absolute Gasteiger partial charge is 0.262 e. The normalized spacial score (nSPS) is 14.4. The molecule has 110 valence electrons. The van der Waals surface area contributed by atoms with Crippen LogP contribution in [0, 0.1) is 0 Å². The van der Waals surface area contributed by atoms with Gasteiger partial charge in [-0.25, -0.2) is 13.1 Å². The van der Waals surface area contributed by atoms with Crippen molar-refractivity contribution in [3.63, 3.8) is 0 Å². The van der Waals surface area contributed by atoms with Gasteiger partial charge in [0.25, 0.3) is 5.91 Å². The van der Waals surface area contributed by atoms with Crippen molar-refractivity contribution in [1.82, 2.24) is 4.72 Å². The molecule has 0 saturated carbocycles. The van der Waals surface area contributed by atoms with Gasteiger partial charge in [-0.1, -0.05) is 11.6 Å². The first-order chi connectivity index (χ1) is 9.44. The van der Waals surface area contributed by atoms with Gasteiger partial charge < -0.3 is 15.2 Å². The van der Waals surface area contributed by atoms with Crippen LogP contribution < -0.4 is 14.8 Å². The number of rotatable bonds is 5. The van der Waals surface area contributed by atoms with E-state index in [0.29, 0.717) is 12.1 Å². The van der Waals surface area contributed by atoms with Crippen LogP contribution >= 0.6 is 11.6 Å². The van der Waals surface area contributed by atoms with E-state index in [9.17, 15) is 13.2 Å². The molecule has 0 atom stereocenters. The summed E-state index contributed by atoms with van der Waals surface area (Å²) in [5.41, 5.74) is 0.334. The Morgan fingerprint density at radius 1 is 1.45 bits per heavy atom. The molecule has 9 heteroatoms. The molecule has 1 heterocycles. The lowest BCUT2D eigenvalue weighted by Crippen LogP contribution is -2.28. The van der Waals surface area contributed by atoms with Crippen LogP contribution in [0.15, 0.2) is 17.0 Å². The Morgan fingerprint density at radius 3 is 2.90 bits per heavy atom. The quantitative estimate of drug-likeness (QED) is 0.678. The zero-order chi connectivity index (χ0) is 14.8.